The van der Waals surface area contributed by atoms with Crippen LogP contribution >= 0.6 is 0 Å². The Morgan fingerprint density at radius 3 is 2.22 bits per heavy atom. The van der Waals surface area contributed by atoms with Gasteiger partial charge in [0.15, 0.2) is 0 Å². The highest BCUT2D eigenvalue weighted by Crippen LogP contribution is 2.18. The second-order valence-corrected chi connectivity index (χ2v) is 5.37. The van der Waals surface area contributed by atoms with Gasteiger partial charge in [-0.05, 0) is 13.8 Å². The first-order valence-electron chi connectivity index (χ1n) is 6.30. The number of nitrogens with two attached hydrogens (primary N) is 1. The average molecular weight is 257 g/mol. The number of carbonyl (C=O) groups excluding carboxylic acids is 1. The summed E-state index contributed by atoms with van der Waals surface area (Å²) in [6, 6.07) is 0. The minimum atomic E-state index is -0.780. The number of rotatable bonds is 5. The predicted molar refractivity (Wildman–Crippen MR) is 68.1 cm³/mol. The zero-order valence-electron chi connectivity index (χ0n) is 11.2. The van der Waals surface area contributed by atoms with Crippen molar-refractivity contribution in [2.75, 3.05) is 39.3 Å². The number of aliphatic carboxylic acids is 1. The first-order valence-corrected chi connectivity index (χ1v) is 6.30. The molecule has 0 saturated carbocycles. The lowest BCUT2D eigenvalue weighted by Gasteiger charge is -2.38. The largest absolute Gasteiger partial charge is 0.481 e. The quantitative estimate of drug-likeness (QED) is 0.699. The van der Waals surface area contributed by atoms with Crippen LogP contribution in [0.4, 0.5) is 0 Å². The molecule has 3 N–H and O–H groups in total. The van der Waals surface area contributed by atoms with Gasteiger partial charge in [0.05, 0.1) is 11.8 Å². The highest BCUT2D eigenvalue weighted by atomic mass is 16.4. The van der Waals surface area contributed by atoms with E-state index in [0.29, 0.717) is 26.2 Å². The number of piperazine rings is 1. The molecule has 1 heterocycles. The predicted octanol–water partition coefficient (Wildman–Crippen LogP) is -0.410. The Hall–Kier alpha value is -1.14. The van der Waals surface area contributed by atoms with Gasteiger partial charge in [0, 0.05) is 39.3 Å². The smallest absolute Gasteiger partial charge is 0.304 e. The molecule has 0 atom stereocenters. The molecule has 1 saturated heterocycles. The van der Waals surface area contributed by atoms with Gasteiger partial charge in [0.2, 0.25) is 5.91 Å². The summed E-state index contributed by atoms with van der Waals surface area (Å²) in [5, 5.41) is 8.62. The van der Waals surface area contributed by atoms with Crippen molar-refractivity contribution < 1.29 is 14.7 Å². The van der Waals surface area contributed by atoms with Crippen molar-refractivity contribution in [2.45, 2.75) is 20.3 Å². The van der Waals surface area contributed by atoms with Crippen LogP contribution in [0.2, 0.25) is 0 Å². The van der Waals surface area contributed by atoms with Crippen LogP contribution < -0.4 is 5.73 Å². The number of carboxylic acids is 1. The molecule has 1 amide bonds. The normalized spacial score (nSPS) is 17.8. The van der Waals surface area contributed by atoms with E-state index in [9.17, 15) is 9.59 Å². The van der Waals surface area contributed by atoms with Gasteiger partial charge in [0.1, 0.15) is 0 Å². The molecule has 0 aromatic carbocycles. The van der Waals surface area contributed by atoms with E-state index in [1.165, 1.54) is 0 Å². The van der Waals surface area contributed by atoms with Crippen molar-refractivity contribution in [3.05, 3.63) is 0 Å². The molecule has 104 valence electrons. The third-order valence-electron chi connectivity index (χ3n) is 3.39. The molecule has 0 aromatic rings. The van der Waals surface area contributed by atoms with Crippen LogP contribution in [0.15, 0.2) is 0 Å². The van der Waals surface area contributed by atoms with Gasteiger partial charge in [-0.1, -0.05) is 0 Å². The van der Waals surface area contributed by atoms with E-state index in [1.807, 2.05) is 18.7 Å². The molecule has 0 aliphatic carbocycles. The van der Waals surface area contributed by atoms with Crippen molar-refractivity contribution in [2.24, 2.45) is 11.1 Å². The average Bonchev–Trinajstić information content (AvgIpc) is 2.36. The number of nitrogens with zero attached hydrogens (tertiary/aromatic N) is 2. The summed E-state index contributed by atoms with van der Waals surface area (Å²) in [7, 11) is 0. The second kappa shape index (κ2) is 6.15. The van der Waals surface area contributed by atoms with Gasteiger partial charge < -0.3 is 15.7 Å². The standard InChI is InChI=1S/C12H23N3O3/c1-12(2,9-13)11(18)15-7-5-14(6-8-15)4-3-10(16)17/h3-9,13H2,1-2H3,(H,16,17). The van der Waals surface area contributed by atoms with Crippen LogP contribution in [-0.4, -0.2) is 66.1 Å². The van der Waals surface area contributed by atoms with Gasteiger partial charge in [0.25, 0.3) is 0 Å². The van der Waals surface area contributed by atoms with Crippen LogP contribution in [0.1, 0.15) is 20.3 Å². The molecule has 0 unspecified atom stereocenters. The molecule has 0 bridgehead atoms. The molecule has 1 aliphatic rings. The number of carboxylic acid groups (broad SMARTS) is 1. The lowest BCUT2D eigenvalue weighted by Crippen LogP contribution is -2.53. The summed E-state index contributed by atoms with van der Waals surface area (Å²) < 4.78 is 0. The monoisotopic (exact) mass is 257 g/mol. The molecular formula is C12H23N3O3. The van der Waals surface area contributed by atoms with Crippen LogP contribution in [0.5, 0.6) is 0 Å². The van der Waals surface area contributed by atoms with E-state index < -0.39 is 11.4 Å². The van der Waals surface area contributed by atoms with Crippen molar-refractivity contribution in [3.8, 4) is 0 Å². The van der Waals surface area contributed by atoms with Crippen LogP contribution in [0.25, 0.3) is 0 Å². The van der Waals surface area contributed by atoms with Crippen molar-refractivity contribution in [1.29, 1.82) is 0 Å². The Balaban J connectivity index is 2.39. The lowest BCUT2D eigenvalue weighted by molar-refractivity contribution is -0.142. The Labute approximate surface area is 108 Å². The summed E-state index contributed by atoms with van der Waals surface area (Å²) in [4.78, 5) is 26.5. The van der Waals surface area contributed by atoms with Crippen LogP contribution in [0.3, 0.4) is 0 Å². The fraction of sp³-hybridized carbons (Fsp3) is 0.833. The molecule has 1 fully saturated rings. The van der Waals surface area contributed by atoms with Crippen molar-refractivity contribution in [3.63, 3.8) is 0 Å². The van der Waals surface area contributed by atoms with Gasteiger partial charge in [-0.3, -0.25) is 14.5 Å². The lowest BCUT2D eigenvalue weighted by atomic mass is 9.91. The Bertz CT molecular complexity index is 310. The van der Waals surface area contributed by atoms with Crippen molar-refractivity contribution in [1.82, 2.24) is 9.80 Å². The summed E-state index contributed by atoms with van der Waals surface area (Å²) in [6.45, 7) is 7.38. The number of hydrogen-bond donors (Lipinski definition) is 2. The second-order valence-electron chi connectivity index (χ2n) is 5.37. The highest BCUT2D eigenvalue weighted by molar-refractivity contribution is 5.82. The number of carbonyl (C=O) groups is 2. The molecule has 0 aromatic heterocycles. The molecule has 1 aliphatic heterocycles. The van der Waals surface area contributed by atoms with Crippen LogP contribution in [0, 0.1) is 5.41 Å². The van der Waals surface area contributed by atoms with E-state index in [4.69, 9.17) is 10.8 Å². The highest BCUT2D eigenvalue weighted by Gasteiger charge is 2.32. The minimum absolute atomic E-state index is 0.0860. The fourth-order valence-corrected chi connectivity index (χ4v) is 1.94. The zero-order chi connectivity index (χ0) is 13.8. The maximum Gasteiger partial charge on any atom is 0.304 e. The summed E-state index contributed by atoms with van der Waals surface area (Å²) in [5.41, 5.74) is 5.09. The SMILES string of the molecule is CC(C)(CN)C(=O)N1CCN(CCC(=O)O)CC1. The minimum Gasteiger partial charge on any atom is -0.481 e. The van der Waals surface area contributed by atoms with Gasteiger partial charge in [-0.2, -0.15) is 0 Å². The Morgan fingerprint density at radius 2 is 1.78 bits per heavy atom. The summed E-state index contributed by atoms with van der Waals surface area (Å²) in [6.07, 6.45) is 0.155. The topological polar surface area (TPSA) is 86.9 Å². The molecule has 0 spiro atoms. The van der Waals surface area contributed by atoms with E-state index in [1.54, 1.807) is 0 Å². The number of amides is 1. The van der Waals surface area contributed by atoms with Crippen molar-refractivity contribution >= 4 is 11.9 Å². The van der Waals surface area contributed by atoms with Gasteiger partial charge in [-0.25, -0.2) is 0 Å². The summed E-state index contributed by atoms with van der Waals surface area (Å²) >= 11 is 0. The third kappa shape index (κ3) is 3.96. The molecule has 0 radical (unpaired) electrons. The Morgan fingerprint density at radius 1 is 1.22 bits per heavy atom. The fourth-order valence-electron chi connectivity index (χ4n) is 1.94. The molecule has 1 rings (SSSR count). The third-order valence-corrected chi connectivity index (χ3v) is 3.39. The zero-order valence-corrected chi connectivity index (χ0v) is 11.2. The maximum absolute atomic E-state index is 12.2. The van der Waals surface area contributed by atoms with E-state index in [2.05, 4.69) is 4.90 Å². The summed E-state index contributed by atoms with van der Waals surface area (Å²) in [5.74, 6) is -0.694. The maximum atomic E-state index is 12.2. The molecular weight excluding hydrogens is 234 g/mol. The Kier molecular flexibility index (Phi) is 5.10. The molecule has 18 heavy (non-hydrogen) atoms. The first-order chi connectivity index (χ1) is 8.36. The van der Waals surface area contributed by atoms with Gasteiger partial charge in [-0.15, -0.1) is 0 Å². The molecule has 6 heteroatoms. The van der Waals surface area contributed by atoms with Gasteiger partial charge >= 0.3 is 5.97 Å². The van der Waals surface area contributed by atoms with E-state index in [-0.39, 0.29) is 12.3 Å². The first kappa shape index (κ1) is 14.9. The molecule has 6 nitrogen and oxygen atoms in total. The van der Waals surface area contributed by atoms with E-state index in [0.717, 1.165) is 13.1 Å². The van der Waals surface area contributed by atoms with E-state index >= 15 is 0 Å². The van der Waals surface area contributed by atoms with Crippen LogP contribution in [-0.2, 0) is 9.59 Å². The number of hydrogen-bond acceptors (Lipinski definition) is 4.